The number of amides is 1. The van der Waals surface area contributed by atoms with Crippen molar-refractivity contribution in [1.82, 2.24) is 4.90 Å². The molecule has 1 heterocycles. The van der Waals surface area contributed by atoms with Crippen LogP contribution >= 0.6 is 27.5 Å². The van der Waals surface area contributed by atoms with Crippen LogP contribution in [0.1, 0.15) is 27.2 Å². The number of carbonyl (C=O) groups excluding carboxylic acids is 1. The topological polar surface area (TPSA) is 38.8 Å². The van der Waals surface area contributed by atoms with Gasteiger partial charge < -0.3 is 14.4 Å². The number of benzene rings is 1. The van der Waals surface area contributed by atoms with Gasteiger partial charge in [0.2, 0.25) is 0 Å². The van der Waals surface area contributed by atoms with E-state index in [1.807, 2.05) is 20.8 Å². The minimum absolute atomic E-state index is 0.190. The van der Waals surface area contributed by atoms with Crippen LogP contribution in [0.15, 0.2) is 16.6 Å². The molecule has 1 saturated heterocycles. The maximum absolute atomic E-state index is 13.2. The molecule has 1 aliphatic rings. The Morgan fingerprint density at radius 3 is 2.78 bits per heavy atom. The fourth-order valence-electron chi connectivity index (χ4n) is 2.33. The average molecular weight is 409 g/mol. The van der Waals surface area contributed by atoms with Gasteiger partial charge in [0.05, 0.1) is 16.1 Å². The Morgan fingerprint density at radius 2 is 2.17 bits per heavy atom. The van der Waals surface area contributed by atoms with Crippen LogP contribution < -0.4 is 4.74 Å². The molecule has 1 fully saturated rings. The van der Waals surface area contributed by atoms with Crippen molar-refractivity contribution >= 4 is 33.6 Å². The third-order valence-electron chi connectivity index (χ3n) is 3.36. The van der Waals surface area contributed by atoms with E-state index in [1.54, 1.807) is 4.90 Å². The van der Waals surface area contributed by atoms with Crippen LogP contribution in [0.3, 0.4) is 0 Å². The van der Waals surface area contributed by atoms with E-state index in [0.29, 0.717) is 29.9 Å². The molecule has 1 amide bonds. The molecule has 0 radical (unpaired) electrons. The van der Waals surface area contributed by atoms with Crippen LogP contribution in [0.25, 0.3) is 0 Å². The van der Waals surface area contributed by atoms with E-state index in [0.717, 1.165) is 6.42 Å². The Bertz CT molecular complexity index is 568. The number of rotatable bonds is 3. The van der Waals surface area contributed by atoms with Gasteiger partial charge in [0.15, 0.2) is 5.75 Å². The second kappa shape index (κ2) is 7.26. The zero-order valence-corrected chi connectivity index (χ0v) is 15.7. The normalized spacial score (nSPS) is 18.2. The highest BCUT2D eigenvalue weighted by Gasteiger charge is 2.30. The van der Waals surface area contributed by atoms with Gasteiger partial charge >= 0.3 is 6.09 Å². The SMILES string of the molecule is CC(C)(C)OC(=O)N1CCC(COc2c(Cl)cc(F)cc2Br)C1. The molecule has 1 atom stereocenters. The van der Waals surface area contributed by atoms with Crippen molar-refractivity contribution < 1.29 is 18.7 Å². The van der Waals surface area contributed by atoms with E-state index in [1.165, 1.54) is 12.1 Å². The molecule has 2 rings (SSSR count). The summed E-state index contributed by atoms with van der Waals surface area (Å²) >= 11 is 9.23. The molecule has 7 heteroatoms. The van der Waals surface area contributed by atoms with E-state index >= 15 is 0 Å². The van der Waals surface area contributed by atoms with Gasteiger partial charge in [-0.1, -0.05) is 11.6 Å². The lowest BCUT2D eigenvalue weighted by atomic mass is 10.1. The summed E-state index contributed by atoms with van der Waals surface area (Å²) in [6, 6.07) is 2.52. The number of likely N-dealkylation sites (tertiary alicyclic amines) is 1. The largest absolute Gasteiger partial charge is 0.490 e. The first-order valence-corrected chi connectivity index (χ1v) is 8.58. The summed E-state index contributed by atoms with van der Waals surface area (Å²) in [5.41, 5.74) is -0.502. The van der Waals surface area contributed by atoms with E-state index < -0.39 is 11.4 Å². The molecule has 23 heavy (non-hydrogen) atoms. The first kappa shape index (κ1) is 18.3. The smallest absolute Gasteiger partial charge is 0.410 e. The minimum Gasteiger partial charge on any atom is -0.490 e. The first-order chi connectivity index (χ1) is 10.7. The summed E-state index contributed by atoms with van der Waals surface area (Å²) in [4.78, 5) is 13.7. The molecule has 0 bridgehead atoms. The summed E-state index contributed by atoms with van der Waals surface area (Å²) in [7, 11) is 0. The summed E-state index contributed by atoms with van der Waals surface area (Å²) in [6.07, 6.45) is 0.524. The molecule has 128 valence electrons. The number of halogens is 3. The van der Waals surface area contributed by atoms with Gasteiger partial charge in [-0.05, 0) is 55.3 Å². The molecule has 0 N–H and O–H groups in total. The molecule has 1 unspecified atom stereocenters. The first-order valence-electron chi connectivity index (χ1n) is 7.41. The summed E-state index contributed by atoms with van der Waals surface area (Å²) in [5.74, 6) is 0.186. The Hall–Kier alpha value is -1.01. The molecule has 0 aliphatic carbocycles. The van der Waals surface area contributed by atoms with Crippen LogP contribution in [0.2, 0.25) is 5.02 Å². The number of carbonyl (C=O) groups is 1. The van der Waals surface area contributed by atoms with Gasteiger partial charge in [-0.25, -0.2) is 9.18 Å². The predicted octanol–water partition coefficient (Wildman–Crippen LogP) is 4.88. The van der Waals surface area contributed by atoms with E-state index in [2.05, 4.69) is 15.9 Å². The lowest BCUT2D eigenvalue weighted by Gasteiger charge is -2.24. The number of ether oxygens (including phenoxy) is 2. The van der Waals surface area contributed by atoms with Gasteiger partial charge in [-0.3, -0.25) is 0 Å². The lowest BCUT2D eigenvalue weighted by molar-refractivity contribution is 0.0284. The Kier molecular flexibility index (Phi) is 5.79. The molecule has 1 aromatic carbocycles. The Morgan fingerprint density at radius 1 is 1.48 bits per heavy atom. The molecule has 1 aromatic rings. The van der Waals surface area contributed by atoms with Crippen molar-refractivity contribution in [2.24, 2.45) is 5.92 Å². The van der Waals surface area contributed by atoms with Gasteiger partial charge in [0.1, 0.15) is 11.4 Å². The Labute approximate surface area is 149 Å². The zero-order valence-electron chi connectivity index (χ0n) is 13.4. The molecule has 1 aliphatic heterocycles. The van der Waals surface area contributed by atoms with Gasteiger partial charge in [0.25, 0.3) is 0 Å². The minimum atomic E-state index is -0.502. The highest BCUT2D eigenvalue weighted by Crippen LogP contribution is 2.34. The second-order valence-electron chi connectivity index (χ2n) is 6.59. The van der Waals surface area contributed by atoms with Crippen molar-refractivity contribution in [3.8, 4) is 5.75 Å². The van der Waals surface area contributed by atoms with Crippen molar-refractivity contribution in [2.75, 3.05) is 19.7 Å². The van der Waals surface area contributed by atoms with Crippen molar-refractivity contribution in [3.05, 3.63) is 27.4 Å². The average Bonchev–Trinajstić information content (AvgIpc) is 2.84. The standard InChI is InChI=1S/C16H20BrClFNO3/c1-16(2,3)23-15(21)20-5-4-10(8-20)9-22-14-12(17)6-11(19)7-13(14)18/h6-7,10H,4-5,8-9H2,1-3H3. The quantitative estimate of drug-likeness (QED) is 0.715. The van der Waals surface area contributed by atoms with Crippen LogP contribution in [0.4, 0.5) is 9.18 Å². The maximum atomic E-state index is 13.2. The molecule has 0 spiro atoms. The van der Waals surface area contributed by atoms with Gasteiger partial charge in [0, 0.05) is 19.0 Å². The number of nitrogens with zero attached hydrogens (tertiary/aromatic N) is 1. The molecule has 0 saturated carbocycles. The Balaban J connectivity index is 1.88. The van der Waals surface area contributed by atoms with Crippen molar-refractivity contribution in [1.29, 1.82) is 0 Å². The fraction of sp³-hybridized carbons (Fsp3) is 0.562. The number of hydrogen-bond acceptors (Lipinski definition) is 3. The van der Waals surface area contributed by atoms with E-state index in [4.69, 9.17) is 21.1 Å². The van der Waals surface area contributed by atoms with Crippen LogP contribution in [-0.2, 0) is 4.74 Å². The van der Waals surface area contributed by atoms with E-state index in [-0.39, 0.29) is 17.0 Å². The highest BCUT2D eigenvalue weighted by molar-refractivity contribution is 9.10. The predicted molar refractivity (Wildman–Crippen MR) is 90.5 cm³/mol. The third kappa shape index (κ3) is 5.24. The van der Waals surface area contributed by atoms with E-state index in [9.17, 15) is 9.18 Å². The van der Waals surface area contributed by atoms with Crippen LogP contribution in [0, 0.1) is 11.7 Å². The number of hydrogen-bond donors (Lipinski definition) is 0. The maximum Gasteiger partial charge on any atom is 0.410 e. The van der Waals surface area contributed by atoms with Crippen LogP contribution in [0.5, 0.6) is 5.75 Å². The monoisotopic (exact) mass is 407 g/mol. The van der Waals surface area contributed by atoms with Gasteiger partial charge in [-0.15, -0.1) is 0 Å². The molecule has 0 aromatic heterocycles. The van der Waals surface area contributed by atoms with Crippen molar-refractivity contribution in [2.45, 2.75) is 32.8 Å². The fourth-order valence-corrected chi connectivity index (χ4v) is 3.25. The second-order valence-corrected chi connectivity index (χ2v) is 7.85. The summed E-state index contributed by atoms with van der Waals surface area (Å²) < 4.78 is 24.7. The highest BCUT2D eigenvalue weighted by atomic mass is 79.9. The van der Waals surface area contributed by atoms with Crippen LogP contribution in [-0.4, -0.2) is 36.3 Å². The van der Waals surface area contributed by atoms with Gasteiger partial charge in [-0.2, -0.15) is 0 Å². The molecular formula is C16H20BrClFNO3. The molecular weight excluding hydrogens is 389 g/mol. The summed E-state index contributed by atoms with van der Waals surface area (Å²) in [6.45, 7) is 7.15. The molecule has 4 nitrogen and oxygen atoms in total. The third-order valence-corrected chi connectivity index (χ3v) is 4.23. The zero-order chi connectivity index (χ0) is 17.2. The summed E-state index contributed by atoms with van der Waals surface area (Å²) in [5, 5.41) is 0.221. The lowest BCUT2D eigenvalue weighted by Crippen LogP contribution is -2.35. The van der Waals surface area contributed by atoms with Crippen molar-refractivity contribution in [3.63, 3.8) is 0 Å².